The molecule has 0 fully saturated rings. The van der Waals surface area contributed by atoms with Crippen LogP contribution in [-0.4, -0.2) is 40.7 Å². The van der Waals surface area contributed by atoms with E-state index in [9.17, 15) is 14.4 Å². The zero-order valence-electron chi connectivity index (χ0n) is 21.9. The first kappa shape index (κ1) is 26.7. The topological polar surface area (TPSA) is 69.7 Å². The predicted octanol–water partition coefficient (Wildman–Crippen LogP) is 5.96. The van der Waals surface area contributed by atoms with E-state index >= 15 is 0 Å². The Bertz CT molecular complexity index is 1310. The first-order valence-electron chi connectivity index (χ1n) is 12.8. The molecule has 1 aliphatic rings. The standard InChI is InChI=1S/C30H34ClN3O3/c1-5-24(28(36)32-30(2,3)4)34(19-20-14-16-22(31)17-15-20)26(35)13-8-18-33-25-12-7-10-21-9-6-11-23(27(21)25)29(33)37/h6-7,9-12,14-17,24H,5,8,13,18-19H2,1-4H3,(H,32,36). The molecule has 1 N–H and O–H groups in total. The van der Waals surface area contributed by atoms with Crippen molar-refractivity contribution in [2.24, 2.45) is 0 Å². The Morgan fingerprint density at radius 1 is 1.03 bits per heavy atom. The average Bonchev–Trinajstić information content (AvgIpc) is 3.12. The SMILES string of the molecule is CCC(C(=O)NC(C)(C)C)N(Cc1ccc(Cl)cc1)C(=O)CCCN1C(=O)c2cccc3cccc1c23. The van der Waals surface area contributed by atoms with E-state index in [1.165, 1.54) is 0 Å². The molecular formula is C30H34ClN3O3. The van der Waals surface area contributed by atoms with Crippen LogP contribution in [0.4, 0.5) is 5.69 Å². The first-order chi connectivity index (χ1) is 17.6. The molecule has 4 rings (SSSR count). The summed E-state index contributed by atoms with van der Waals surface area (Å²) >= 11 is 6.05. The molecule has 0 saturated heterocycles. The van der Waals surface area contributed by atoms with Gasteiger partial charge >= 0.3 is 0 Å². The molecule has 3 aromatic carbocycles. The largest absolute Gasteiger partial charge is 0.350 e. The molecule has 37 heavy (non-hydrogen) atoms. The van der Waals surface area contributed by atoms with Gasteiger partial charge in [-0.1, -0.05) is 54.9 Å². The molecule has 1 heterocycles. The lowest BCUT2D eigenvalue weighted by atomic mass is 10.0. The zero-order chi connectivity index (χ0) is 26.7. The molecule has 0 aliphatic carbocycles. The Morgan fingerprint density at radius 2 is 1.70 bits per heavy atom. The Labute approximate surface area is 223 Å². The van der Waals surface area contributed by atoms with Gasteiger partial charge in [0.25, 0.3) is 5.91 Å². The fraction of sp³-hybridized carbons (Fsp3) is 0.367. The number of carbonyl (C=O) groups is 3. The molecule has 0 bridgehead atoms. The van der Waals surface area contributed by atoms with E-state index in [0.717, 1.165) is 22.0 Å². The molecule has 3 amide bonds. The van der Waals surface area contributed by atoms with E-state index in [2.05, 4.69) is 5.32 Å². The number of amides is 3. The number of rotatable bonds is 9. The molecule has 1 unspecified atom stereocenters. The molecule has 7 heteroatoms. The molecule has 1 aliphatic heterocycles. The van der Waals surface area contributed by atoms with Gasteiger partial charge in [-0.15, -0.1) is 0 Å². The number of hydrogen-bond acceptors (Lipinski definition) is 3. The molecule has 3 aromatic rings. The van der Waals surface area contributed by atoms with Gasteiger partial charge in [-0.3, -0.25) is 14.4 Å². The number of nitrogens with one attached hydrogen (secondary N) is 1. The summed E-state index contributed by atoms with van der Waals surface area (Å²) in [7, 11) is 0. The van der Waals surface area contributed by atoms with Gasteiger partial charge in [0.1, 0.15) is 6.04 Å². The van der Waals surface area contributed by atoms with Crippen molar-refractivity contribution < 1.29 is 14.4 Å². The zero-order valence-corrected chi connectivity index (χ0v) is 22.6. The van der Waals surface area contributed by atoms with Crippen LogP contribution in [0.25, 0.3) is 10.8 Å². The van der Waals surface area contributed by atoms with Crippen LogP contribution in [-0.2, 0) is 16.1 Å². The van der Waals surface area contributed by atoms with Crippen LogP contribution in [0.2, 0.25) is 5.02 Å². The monoisotopic (exact) mass is 519 g/mol. The second-order valence-corrected chi connectivity index (χ2v) is 11.0. The van der Waals surface area contributed by atoms with Crippen molar-refractivity contribution in [1.82, 2.24) is 10.2 Å². The third-order valence-corrected chi connectivity index (χ3v) is 6.82. The summed E-state index contributed by atoms with van der Waals surface area (Å²) in [5, 5.41) is 5.64. The molecule has 194 valence electrons. The van der Waals surface area contributed by atoms with Crippen molar-refractivity contribution >= 4 is 45.8 Å². The van der Waals surface area contributed by atoms with Gasteiger partial charge in [0, 0.05) is 41.0 Å². The normalized spacial score (nSPS) is 13.6. The predicted molar refractivity (Wildman–Crippen MR) is 149 cm³/mol. The maximum absolute atomic E-state index is 13.6. The molecule has 0 aromatic heterocycles. The smallest absolute Gasteiger partial charge is 0.258 e. The lowest BCUT2D eigenvalue weighted by Crippen LogP contribution is -2.53. The summed E-state index contributed by atoms with van der Waals surface area (Å²) in [6.07, 6.45) is 1.20. The minimum absolute atomic E-state index is 0.0340. The molecular weight excluding hydrogens is 486 g/mol. The van der Waals surface area contributed by atoms with Crippen LogP contribution in [0, 0.1) is 0 Å². The maximum atomic E-state index is 13.6. The highest BCUT2D eigenvalue weighted by Gasteiger charge is 2.32. The van der Waals surface area contributed by atoms with Crippen molar-refractivity contribution in [2.45, 2.75) is 65.1 Å². The van der Waals surface area contributed by atoms with E-state index in [-0.39, 0.29) is 24.1 Å². The maximum Gasteiger partial charge on any atom is 0.258 e. The number of hydrogen-bond donors (Lipinski definition) is 1. The molecule has 6 nitrogen and oxygen atoms in total. The second-order valence-electron chi connectivity index (χ2n) is 10.6. The summed E-state index contributed by atoms with van der Waals surface area (Å²) in [5.74, 6) is -0.323. The molecule has 0 spiro atoms. The first-order valence-corrected chi connectivity index (χ1v) is 13.2. The van der Waals surface area contributed by atoms with Gasteiger partial charge in [-0.2, -0.15) is 0 Å². The summed E-state index contributed by atoms with van der Waals surface area (Å²) in [6.45, 7) is 8.42. The second kappa shape index (κ2) is 10.9. The molecule has 0 radical (unpaired) electrons. The summed E-state index contributed by atoms with van der Waals surface area (Å²) in [4.78, 5) is 43.2. The lowest BCUT2D eigenvalue weighted by molar-refractivity contribution is -0.142. The summed E-state index contributed by atoms with van der Waals surface area (Å²) in [6, 6.07) is 18.4. The quantitative estimate of drug-likeness (QED) is 0.379. The number of anilines is 1. The van der Waals surface area contributed by atoms with Crippen LogP contribution in [0.3, 0.4) is 0 Å². The number of carbonyl (C=O) groups excluding carboxylic acids is 3. The number of benzene rings is 3. The minimum atomic E-state index is -0.603. The third kappa shape index (κ3) is 5.96. The van der Waals surface area contributed by atoms with Crippen molar-refractivity contribution in [3.8, 4) is 0 Å². The van der Waals surface area contributed by atoms with E-state index < -0.39 is 11.6 Å². The minimum Gasteiger partial charge on any atom is -0.350 e. The van der Waals surface area contributed by atoms with Crippen molar-refractivity contribution in [3.05, 3.63) is 76.8 Å². The van der Waals surface area contributed by atoms with E-state index in [4.69, 9.17) is 11.6 Å². The summed E-state index contributed by atoms with van der Waals surface area (Å²) < 4.78 is 0. The van der Waals surface area contributed by atoms with Crippen LogP contribution in [0.15, 0.2) is 60.7 Å². The van der Waals surface area contributed by atoms with E-state index in [1.807, 2.05) is 76.2 Å². The Hall–Kier alpha value is -3.38. The van der Waals surface area contributed by atoms with Crippen molar-refractivity contribution in [3.63, 3.8) is 0 Å². The Kier molecular flexibility index (Phi) is 7.88. The highest BCUT2D eigenvalue weighted by molar-refractivity contribution is 6.30. The Morgan fingerprint density at radius 3 is 2.35 bits per heavy atom. The fourth-order valence-electron chi connectivity index (χ4n) is 4.89. The van der Waals surface area contributed by atoms with Crippen LogP contribution < -0.4 is 10.2 Å². The van der Waals surface area contributed by atoms with Crippen LogP contribution >= 0.6 is 11.6 Å². The van der Waals surface area contributed by atoms with Gasteiger partial charge in [-0.25, -0.2) is 0 Å². The van der Waals surface area contributed by atoms with Gasteiger partial charge < -0.3 is 15.1 Å². The summed E-state index contributed by atoms with van der Waals surface area (Å²) in [5.41, 5.74) is 2.08. The average molecular weight is 520 g/mol. The van der Waals surface area contributed by atoms with Gasteiger partial charge in [0.05, 0.1) is 5.69 Å². The molecule has 0 saturated carbocycles. The number of halogens is 1. The lowest BCUT2D eigenvalue weighted by Gasteiger charge is -2.33. The van der Waals surface area contributed by atoms with E-state index in [1.54, 1.807) is 21.9 Å². The highest BCUT2D eigenvalue weighted by atomic mass is 35.5. The van der Waals surface area contributed by atoms with Crippen LogP contribution in [0.1, 0.15) is 62.9 Å². The van der Waals surface area contributed by atoms with Gasteiger partial charge in [-0.05, 0) is 68.8 Å². The highest BCUT2D eigenvalue weighted by Crippen LogP contribution is 2.37. The van der Waals surface area contributed by atoms with E-state index in [0.29, 0.717) is 36.5 Å². The fourth-order valence-corrected chi connectivity index (χ4v) is 5.02. The molecule has 1 atom stereocenters. The van der Waals surface area contributed by atoms with Gasteiger partial charge in [0.15, 0.2) is 0 Å². The third-order valence-electron chi connectivity index (χ3n) is 6.57. The van der Waals surface area contributed by atoms with Gasteiger partial charge in [0.2, 0.25) is 11.8 Å². The Balaban J connectivity index is 1.49. The number of nitrogens with zero attached hydrogens (tertiary/aromatic N) is 2. The van der Waals surface area contributed by atoms with Crippen LogP contribution in [0.5, 0.6) is 0 Å². The van der Waals surface area contributed by atoms with Crippen molar-refractivity contribution in [2.75, 3.05) is 11.4 Å². The van der Waals surface area contributed by atoms with Crippen molar-refractivity contribution in [1.29, 1.82) is 0 Å².